The lowest BCUT2D eigenvalue weighted by Gasteiger charge is -2.26. The normalized spacial score (nSPS) is 31.6. The maximum absolute atomic E-state index is 8.86. The summed E-state index contributed by atoms with van der Waals surface area (Å²) in [5, 5.41) is 8.86. The summed E-state index contributed by atoms with van der Waals surface area (Å²) in [5.74, 6) is 0. The van der Waals surface area contributed by atoms with Crippen LogP contribution in [0.15, 0.2) is 0 Å². The van der Waals surface area contributed by atoms with E-state index in [1.165, 1.54) is 38.8 Å². The molecule has 2 heteroatoms. The van der Waals surface area contributed by atoms with Gasteiger partial charge in [0.2, 0.25) is 0 Å². The molecular weight excluding hydrogens is 162 g/mol. The average Bonchev–Trinajstić information content (AvgIpc) is 2.31. The quantitative estimate of drug-likeness (QED) is 0.725. The van der Waals surface area contributed by atoms with Gasteiger partial charge in [0.15, 0.2) is 0 Å². The Morgan fingerprint density at radius 3 is 2.69 bits per heavy atom. The molecule has 0 saturated carbocycles. The number of likely N-dealkylation sites (tertiary alicyclic amines) is 1. The molecule has 1 N–H and O–H groups in total. The van der Waals surface area contributed by atoms with Crippen LogP contribution in [0.25, 0.3) is 0 Å². The van der Waals surface area contributed by atoms with Crippen LogP contribution in [0.2, 0.25) is 0 Å². The number of nitrogens with zero attached hydrogens (tertiary/aromatic N) is 1. The summed E-state index contributed by atoms with van der Waals surface area (Å²) in [5.41, 5.74) is 0.560. The van der Waals surface area contributed by atoms with Crippen molar-refractivity contribution in [3.63, 3.8) is 0 Å². The van der Waals surface area contributed by atoms with E-state index in [9.17, 15) is 0 Å². The third-order valence-electron chi connectivity index (χ3n) is 3.56. The van der Waals surface area contributed by atoms with Crippen LogP contribution in [0.5, 0.6) is 0 Å². The van der Waals surface area contributed by atoms with Crippen molar-refractivity contribution in [2.45, 2.75) is 39.5 Å². The van der Waals surface area contributed by atoms with Gasteiger partial charge in [0.1, 0.15) is 0 Å². The molecule has 1 saturated heterocycles. The molecule has 0 radical (unpaired) electrons. The van der Waals surface area contributed by atoms with Gasteiger partial charge >= 0.3 is 0 Å². The molecule has 13 heavy (non-hydrogen) atoms. The molecule has 1 rings (SSSR count). The van der Waals surface area contributed by atoms with E-state index < -0.39 is 0 Å². The minimum absolute atomic E-state index is 0.308. The van der Waals surface area contributed by atoms with Gasteiger partial charge < -0.3 is 10.0 Å². The zero-order valence-electron chi connectivity index (χ0n) is 9.05. The number of rotatable bonds is 3. The van der Waals surface area contributed by atoms with Gasteiger partial charge in [-0.15, -0.1) is 0 Å². The third-order valence-corrected chi connectivity index (χ3v) is 3.56. The van der Waals surface area contributed by atoms with Crippen LogP contribution in [0, 0.1) is 5.41 Å². The SMILES string of the molecule is CCC1(C)CCCN(CCO)CC1. The second kappa shape index (κ2) is 4.97. The number of aliphatic hydroxyl groups is 1. The first kappa shape index (κ1) is 11.0. The Balaban J connectivity index is 2.39. The molecule has 1 aliphatic heterocycles. The highest BCUT2D eigenvalue weighted by atomic mass is 16.3. The van der Waals surface area contributed by atoms with E-state index in [-0.39, 0.29) is 0 Å². The molecule has 0 aliphatic carbocycles. The van der Waals surface area contributed by atoms with Crippen molar-refractivity contribution in [3.8, 4) is 0 Å². The van der Waals surface area contributed by atoms with E-state index in [1.807, 2.05) is 0 Å². The zero-order chi connectivity index (χ0) is 9.73. The molecule has 0 aromatic carbocycles. The van der Waals surface area contributed by atoms with Gasteiger partial charge in [0, 0.05) is 6.54 Å². The van der Waals surface area contributed by atoms with E-state index >= 15 is 0 Å². The van der Waals surface area contributed by atoms with Crippen LogP contribution in [-0.4, -0.2) is 36.2 Å². The van der Waals surface area contributed by atoms with Crippen LogP contribution in [-0.2, 0) is 0 Å². The van der Waals surface area contributed by atoms with Crippen LogP contribution in [0.4, 0.5) is 0 Å². The first-order valence-corrected chi connectivity index (χ1v) is 5.53. The van der Waals surface area contributed by atoms with Gasteiger partial charge in [-0.3, -0.25) is 0 Å². The molecule has 0 spiro atoms. The van der Waals surface area contributed by atoms with Gasteiger partial charge in [-0.25, -0.2) is 0 Å². The van der Waals surface area contributed by atoms with Crippen molar-refractivity contribution in [3.05, 3.63) is 0 Å². The van der Waals surface area contributed by atoms with Gasteiger partial charge in [-0.05, 0) is 37.8 Å². The first-order chi connectivity index (χ1) is 6.20. The van der Waals surface area contributed by atoms with Crippen molar-refractivity contribution in [2.24, 2.45) is 5.41 Å². The Hall–Kier alpha value is -0.0800. The van der Waals surface area contributed by atoms with Crippen LogP contribution >= 0.6 is 0 Å². The minimum Gasteiger partial charge on any atom is -0.395 e. The standard InChI is InChI=1S/C11H23NO/c1-3-11(2)5-4-7-12(8-6-11)9-10-13/h13H,3-10H2,1-2H3. The Morgan fingerprint density at radius 2 is 2.08 bits per heavy atom. The minimum atomic E-state index is 0.308. The smallest absolute Gasteiger partial charge is 0.0558 e. The highest BCUT2D eigenvalue weighted by Gasteiger charge is 2.25. The molecule has 78 valence electrons. The van der Waals surface area contributed by atoms with Crippen molar-refractivity contribution >= 4 is 0 Å². The monoisotopic (exact) mass is 185 g/mol. The number of β-amino-alcohol motifs (C(OH)–C–C–N with tert-alkyl or cyclic N) is 1. The lowest BCUT2D eigenvalue weighted by atomic mass is 9.80. The van der Waals surface area contributed by atoms with E-state index in [2.05, 4.69) is 18.7 Å². The van der Waals surface area contributed by atoms with Crippen LogP contribution in [0.1, 0.15) is 39.5 Å². The van der Waals surface area contributed by atoms with Crippen molar-refractivity contribution in [2.75, 3.05) is 26.2 Å². The predicted molar refractivity (Wildman–Crippen MR) is 55.8 cm³/mol. The van der Waals surface area contributed by atoms with Crippen molar-refractivity contribution < 1.29 is 5.11 Å². The van der Waals surface area contributed by atoms with E-state index in [4.69, 9.17) is 5.11 Å². The molecule has 0 aromatic heterocycles. The molecule has 1 unspecified atom stereocenters. The Labute approximate surface area is 81.9 Å². The van der Waals surface area contributed by atoms with E-state index in [1.54, 1.807) is 0 Å². The molecule has 0 bridgehead atoms. The summed E-state index contributed by atoms with van der Waals surface area (Å²) in [7, 11) is 0. The highest BCUT2D eigenvalue weighted by molar-refractivity contribution is 4.78. The number of aliphatic hydroxyl groups excluding tert-OH is 1. The van der Waals surface area contributed by atoms with Gasteiger partial charge in [0.25, 0.3) is 0 Å². The zero-order valence-corrected chi connectivity index (χ0v) is 9.05. The fraction of sp³-hybridized carbons (Fsp3) is 1.00. The average molecular weight is 185 g/mol. The fourth-order valence-electron chi connectivity index (χ4n) is 2.11. The second-order valence-corrected chi connectivity index (χ2v) is 4.58. The maximum atomic E-state index is 8.86. The Bertz CT molecular complexity index is 149. The molecule has 0 aromatic rings. The molecular formula is C11H23NO. The third kappa shape index (κ3) is 3.28. The molecule has 0 amide bonds. The summed E-state index contributed by atoms with van der Waals surface area (Å²) in [4.78, 5) is 2.39. The van der Waals surface area contributed by atoms with Gasteiger partial charge in [-0.1, -0.05) is 20.3 Å². The van der Waals surface area contributed by atoms with Crippen molar-refractivity contribution in [1.82, 2.24) is 4.90 Å². The van der Waals surface area contributed by atoms with E-state index in [0.717, 1.165) is 6.54 Å². The molecule has 1 fully saturated rings. The topological polar surface area (TPSA) is 23.5 Å². The lowest BCUT2D eigenvalue weighted by molar-refractivity contribution is 0.191. The summed E-state index contributed by atoms with van der Waals surface area (Å²) >= 11 is 0. The maximum Gasteiger partial charge on any atom is 0.0558 e. The molecule has 1 heterocycles. The summed E-state index contributed by atoms with van der Waals surface area (Å²) < 4.78 is 0. The largest absolute Gasteiger partial charge is 0.395 e. The number of hydrogen-bond acceptors (Lipinski definition) is 2. The highest BCUT2D eigenvalue weighted by Crippen LogP contribution is 2.33. The second-order valence-electron chi connectivity index (χ2n) is 4.58. The first-order valence-electron chi connectivity index (χ1n) is 5.53. The Morgan fingerprint density at radius 1 is 1.31 bits per heavy atom. The Kier molecular flexibility index (Phi) is 4.20. The molecule has 1 aliphatic rings. The van der Waals surface area contributed by atoms with Gasteiger partial charge in [0.05, 0.1) is 6.61 Å². The molecule has 1 atom stereocenters. The van der Waals surface area contributed by atoms with Crippen LogP contribution < -0.4 is 0 Å². The van der Waals surface area contributed by atoms with Crippen molar-refractivity contribution in [1.29, 1.82) is 0 Å². The number of hydrogen-bond donors (Lipinski definition) is 1. The summed E-state index contributed by atoms with van der Waals surface area (Å²) in [6.45, 7) is 8.21. The fourth-order valence-corrected chi connectivity index (χ4v) is 2.11. The summed E-state index contributed by atoms with van der Waals surface area (Å²) in [6, 6.07) is 0. The van der Waals surface area contributed by atoms with Gasteiger partial charge in [-0.2, -0.15) is 0 Å². The molecule has 2 nitrogen and oxygen atoms in total. The van der Waals surface area contributed by atoms with E-state index in [0.29, 0.717) is 12.0 Å². The lowest BCUT2D eigenvalue weighted by Crippen LogP contribution is -2.28. The van der Waals surface area contributed by atoms with Crippen LogP contribution in [0.3, 0.4) is 0 Å². The predicted octanol–water partition coefficient (Wildman–Crippen LogP) is 1.88. The summed E-state index contributed by atoms with van der Waals surface area (Å²) in [6.07, 6.45) is 5.24.